The van der Waals surface area contributed by atoms with Gasteiger partial charge in [-0.3, -0.25) is 4.79 Å². The number of hydrogen-bond acceptors (Lipinski definition) is 5. The van der Waals surface area contributed by atoms with Crippen LogP contribution in [0.15, 0.2) is 48.5 Å². The molecule has 2 saturated heterocycles. The highest BCUT2D eigenvalue weighted by Gasteiger charge is 2.62. The number of hydrogen-bond donors (Lipinski definition) is 0. The van der Waals surface area contributed by atoms with E-state index in [1.807, 2.05) is 48.5 Å². The maximum Gasteiger partial charge on any atom is 0.308 e. The van der Waals surface area contributed by atoms with Gasteiger partial charge in [0, 0.05) is 6.42 Å². The zero-order valence-electron chi connectivity index (χ0n) is 14.3. The second-order valence-electron chi connectivity index (χ2n) is 6.45. The number of benzene rings is 2. The van der Waals surface area contributed by atoms with E-state index < -0.39 is 11.4 Å². The molecule has 2 aromatic rings. The Labute approximate surface area is 146 Å². The van der Waals surface area contributed by atoms with E-state index in [2.05, 4.69) is 0 Å². The summed E-state index contributed by atoms with van der Waals surface area (Å²) in [5.41, 5.74) is 1.38. The molecule has 2 aromatic carbocycles. The monoisotopic (exact) mass is 340 g/mol. The zero-order chi connectivity index (χ0) is 17.5. The van der Waals surface area contributed by atoms with Gasteiger partial charge >= 0.3 is 5.97 Å². The zero-order valence-corrected chi connectivity index (χ0v) is 14.3. The predicted molar refractivity (Wildman–Crippen MR) is 90.5 cm³/mol. The largest absolute Gasteiger partial charge is 0.497 e. The molecule has 4 rings (SSSR count). The number of methoxy groups -OCH3 is 2. The molecule has 1 spiro atoms. The van der Waals surface area contributed by atoms with E-state index in [-0.39, 0.29) is 5.97 Å². The minimum Gasteiger partial charge on any atom is -0.497 e. The fraction of sp³-hybridized carbons (Fsp3) is 0.350. The van der Waals surface area contributed by atoms with Crippen LogP contribution in [0.3, 0.4) is 0 Å². The Kier molecular flexibility index (Phi) is 3.69. The van der Waals surface area contributed by atoms with E-state index in [1.165, 1.54) is 0 Å². The van der Waals surface area contributed by atoms with Crippen LogP contribution in [0.25, 0.3) is 0 Å². The number of carbonyl (C=O) groups excluding carboxylic acids is 1. The fourth-order valence-electron chi connectivity index (χ4n) is 3.70. The standard InChI is InChI=1S/C20H20O5/c1-22-16-7-3-14(4-8-16)20(15-5-9-17(23-2)10-6-15)13-19(25-20)12-11-18(21)24-19/h3-10H,11-13H2,1-2H3. The van der Waals surface area contributed by atoms with E-state index >= 15 is 0 Å². The summed E-state index contributed by atoms with van der Waals surface area (Å²) < 4.78 is 22.3. The molecule has 0 aliphatic carbocycles. The van der Waals surface area contributed by atoms with Gasteiger partial charge in [-0.15, -0.1) is 0 Å². The van der Waals surface area contributed by atoms with Crippen LogP contribution in [0.2, 0.25) is 0 Å². The molecule has 2 fully saturated rings. The van der Waals surface area contributed by atoms with Gasteiger partial charge < -0.3 is 18.9 Å². The third kappa shape index (κ3) is 2.55. The van der Waals surface area contributed by atoms with Gasteiger partial charge in [-0.2, -0.15) is 0 Å². The van der Waals surface area contributed by atoms with E-state index in [0.29, 0.717) is 19.3 Å². The molecule has 1 unspecified atom stereocenters. The van der Waals surface area contributed by atoms with Gasteiger partial charge in [0.15, 0.2) is 0 Å². The van der Waals surface area contributed by atoms with Gasteiger partial charge in [-0.1, -0.05) is 24.3 Å². The molecule has 130 valence electrons. The summed E-state index contributed by atoms with van der Waals surface area (Å²) in [6, 6.07) is 15.6. The molecule has 2 aliphatic rings. The van der Waals surface area contributed by atoms with Gasteiger partial charge in [-0.05, 0) is 35.4 Å². The Morgan fingerprint density at radius 3 is 1.72 bits per heavy atom. The van der Waals surface area contributed by atoms with Crippen LogP contribution in [-0.4, -0.2) is 26.0 Å². The number of rotatable bonds is 4. The smallest absolute Gasteiger partial charge is 0.308 e. The van der Waals surface area contributed by atoms with Crippen LogP contribution in [0.1, 0.15) is 30.4 Å². The number of carbonyl (C=O) groups is 1. The van der Waals surface area contributed by atoms with Crippen LogP contribution in [0.5, 0.6) is 11.5 Å². The third-order valence-electron chi connectivity index (χ3n) is 5.00. The Morgan fingerprint density at radius 2 is 1.36 bits per heavy atom. The quantitative estimate of drug-likeness (QED) is 0.799. The average Bonchev–Trinajstić information content (AvgIpc) is 3.02. The molecule has 0 aromatic heterocycles. The summed E-state index contributed by atoms with van der Waals surface area (Å²) in [6.45, 7) is 0. The van der Waals surface area contributed by atoms with Crippen molar-refractivity contribution < 1.29 is 23.7 Å². The SMILES string of the molecule is COc1ccc(C2(c3ccc(OC)cc3)CC3(CCC(=O)O3)O2)cc1. The Hall–Kier alpha value is -2.53. The van der Waals surface area contributed by atoms with Crippen molar-refractivity contribution in [2.75, 3.05) is 14.2 Å². The summed E-state index contributed by atoms with van der Waals surface area (Å²) in [5.74, 6) is 0.583. The lowest BCUT2D eigenvalue weighted by Gasteiger charge is -2.53. The lowest BCUT2D eigenvalue weighted by Crippen LogP contribution is -2.58. The average molecular weight is 340 g/mol. The molecule has 2 heterocycles. The van der Waals surface area contributed by atoms with Gasteiger partial charge in [0.1, 0.15) is 17.1 Å². The second kappa shape index (κ2) is 5.77. The lowest BCUT2D eigenvalue weighted by molar-refractivity contribution is -0.351. The highest BCUT2D eigenvalue weighted by Crippen LogP contribution is 2.57. The predicted octanol–water partition coefficient (Wildman–Crippen LogP) is 3.40. The Bertz CT molecular complexity index is 723. The molecule has 2 aliphatic heterocycles. The molecular weight excluding hydrogens is 320 g/mol. The van der Waals surface area contributed by atoms with Crippen LogP contribution >= 0.6 is 0 Å². The van der Waals surface area contributed by atoms with Crippen molar-refractivity contribution in [3.8, 4) is 11.5 Å². The van der Waals surface area contributed by atoms with E-state index in [9.17, 15) is 4.79 Å². The van der Waals surface area contributed by atoms with Crippen molar-refractivity contribution in [1.82, 2.24) is 0 Å². The Morgan fingerprint density at radius 1 is 0.880 bits per heavy atom. The minimum atomic E-state index is -0.795. The van der Waals surface area contributed by atoms with Crippen LogP contribution in [-0.2, 0) is 19.9 Å². The van der Waals surface area contributed by atoms with Gasteiger partial charge in [-0.25, -0.2) is 0 Å². The molecule has 25 heavy (non-hydrogen) atoms. The first-order valence-corrected chi connectivity index (χ1v) is 8.30. The maximum absolute atomic E-state index is 11.6. The van der Waals surface area contributed by atoms with Crippen molar-refractivity contribution in [3.63, 3.8) is 0 Å². The maximum atomic E-state index is 11.6. The van der Waals surface area contributed by atoms with E-state index in [1.54, 1.807) is 14.2 Å². The first-order chi connectivity index (χ1) is 12.1. The highest BCUT2D eigenvalue weighted by molar-refractivity contribution is 5.72. The normalized spacial score (nSPS) is 23.8. The summed E-state index contributed by atoms with van der Waals surface area (Å²) in [4.78, 5) is 11.6. The lowest BCUT2D eigenvalue weighted by atomic mass is 9.74. The van der Waals surface area contributed by atoms with Crippen molar-refractivity contribution in [2.45, 2.75) is 30.7 Å². The first-order valence-electron chi connectivity index (χ1n) is 8.30. The third-order valence-corrected chi connectivity index (χ3v) is 5.00. The number of esters is 1. The van der Waals surface area contributed by atoms with Crippen molar-refractivity contribution in [2.24, 2.45) is 0 Å². The van der Waals surface area contributed by atoms with Crippen molar-refractivity contribution >= 4 is 5.97 Å². The van der Waals surface area contributed by atoms with Gasteiger partial charge in [0.25, 0.3) is 0 Å². The highest BCUT2D eigenvalue weighted by atomic mass is 16.8. The molecule has 0 N–H and O–H groups in total. The topological polar surface area (TPSA) is 54.0 Å². The minimum absolute atomic E-state index is 0.196. The Balaban J connectivity index is 1.72. The second-order valence-corrected chi connectivity index (χ2v) is 6.45. The van der Waals surface area contributed by atoms with Gasteiger partial charge in [0.05, 0.1) is 27.1 Å². The summed E-state index contributed by atoms with van der Waals surface area (Å²) >= 11 is 0. The molecule has 5 nitrogen and oxygen atoms in total. The van der Waals surface area contributed by atoms with E-state index in [4.69, 9.17) is 18.9 Å². The fourth-order valence-corrected chi connectivity index (χ4v) is 3.70. The van der Waals surface area contributed by atoms with Crippen LogP contribution in [0, 0.1) is 0 Å². The van der Waals surface area contributed by atoms with E-state index in [0.717, 1.165) is 22.6 Å². The van der Waals surface area contributed by atoms with Gasteiger partial charge in [0.2, 0.25) is 5.79 Å². The summed E-state index contributed by atoms with van der Waals surface area (Å²) in [5, 5.41) is 0. The summed E-state index contributed by atoms with van der Waals surface area (Å²) in [6.07, 6.45) is 1.60. The first kappa shape index (κ1) is 16.0. The molecule has 0 bridgehead atoms. The van der Waals surface area contributed by atoms with Crippen LogP contribution in [0.4, 0.5) is 0 Å². The molecule has 0 saturated carbocycles. The molecule has 0 radical (unpaired) electrons. The van der Waals surface area contributed by atoms with Crippen molar-refractivity contribution in [1.29, 1.82) is 0 Å². The molecule has 5 heteroatoms. The number of ether oxygens (including phenoxy) is 4. The van der Waals surface area contributed by atoms with Crippen LogP contribution < -0.4 is 9.47 Å². The van der Waals surface area contributed by atoms with Crippen molar-refractivity contribution in [3.05, 3.63) is 59.7 Å². The molecular formula is C20H20O5. The summed E-state index contributed by atoms with van der Waals surface area (Å²) in [7, 11) is 3.28. The molecule has 1 atom stereocenters. The molecule has 0 amide bonds.